The van der Waals surface area contributed by atoms with Gasteiger partial charge in [0.05, 0.1) is 5.56 Å². The van der Waals surface area contributed by atoms with Gasteiger partial charge in [-0.25, -0.2) is 0 Å². The largest absolute Gasteiger partial charge is 0.346 e. The van der Waals surface area contributed by atoms with Crippen LogP contribution in [0.1, 0.15) is 42.7 Å². The Balaban J connectivity index is 2.89. The van der Waals surface area contributed by atoms with Gasteiger partial charge in [-0.1, -0.05) is 29.8 Å². The molecule has 1 N–H and O–H groups in total. The minimum Gasteiger partial charge on any atom is -0.346 e. The summed E-state index contributed by atoms with van der Waals surface area (Å²) in [6, 6.07) is 3.59. The SMILES string of the molecule is CCC(CC)(CBr)NC(=O)c1cccnc1C. The smallest absolute Gasteiger partial charge is 0.253 e. The van der Waals surface area contributed by atoms with Crippen molar-refractivity contribution in [3.8, 4) is 0 Å². The van der Waals surface area contributed by atoms with Gasteiger partial charge in [-0.15, -0.1) is 0 Å². The molecule has 0 saturated carbocycles. The number of nitrogens with zero attached hydrogens (tertiary/aromatic N) is 1. The van der Waals surface area contributed by atoms with Gasteiger partial charge in [-0.05, 0) is 31.9 Å². The van der Waals surface area contributed by atoms with Gasteiger partial charge in [0.2, 0.25) is 0 Å². The molecule has 0 unspecified atom stereocenters. The number of aryl methyl sites for hydroxylation is 1. The summed E-state index contributed by atoms with van der Waals surface area (Å²) in [5.74, 6) is -0.0428. The van der Waals surface area contributed by atoms with Crippen molar-refractivity contribution in [3.05, 3.63) is 29.6 Å². The fourth-order valence-corrected chi connectivity index (χ4v) is 2.61. The predicted molar refractivity (Wildman–Crippen MR) is 73.5 cm³/mol. The second-order valence-electron chi connectivity index (χ2n) is 4.21. The maximum absolute atomic E-state index is 12.2. The van der Waals surface area contributed by atoms with E-state index in [1.807, 2.05) is 13.0 Å². The van der Waals surface area contributed by atoms with Crippen LogP contribution in [0, 0.1) is 6.92 Å². The van der Waals surface area contributed by atoms with E-state index in [1.54, 1.807) is 12.3 Å². The van der Waals surface area contributed by atoms with Crippen LogP contribution in [0.15, 0.2) is 18.3 Å². The van der Waals surface area contributed by atoms with Crippen molar-refractivity contribution in [2.75, 3.05) is 5.33 Å². The van der Waals surface area contributed by atoms with Crippen LogP contribution in [0.5, 0.6) is 0 Å². The summed E-state index contributed by atoms with van der Waals surface area (Å²) >= 11 is 3.48. The number of hydrogen-bond acceptors (Lipinski definition) is 2. The lowest BCUT2D eigenvalue weighted by molar-refractivity contribution is 0.0902. The molecule has 0 saturated heterocycles. The molecule has 0 radical (unpaired) electrons. The first-order valence-electron chi connectivity index (χ1n) is 5.88. The van der Waals surface area contributed by atoms with Crippen LogP contribution in [0.2, 0.25) is 0 Å². The van der Waals surface area contributed by atoms with Gasteiger partial charge in [-0.2, -0.15) is 0 Å². The van der Waals surface area contributed by atoms with Crippen LogP contribution in [-0.4, -0.2) is 21.8 Å². The molecule has 1 rings (SSSR count). The molecule has 17 heavy (non-hydrogen) atoms. The van der Waals surface area contributed by atoms with Crippen molar-refractivity contribution in [1.82, 2.24) is 10.3 Å². The summed E-state index contributed by atoms with van der Waals surface area (Å²) < 4.78 is 0. The zero-order valence-corrected chi connectivity index (χ0v) is 12.2. The van der Waals surface area contributed by atoms with Gasteiger partial charge in [0.1, 0.15) is 0 Å². The summed E-state index contributed by atoms with van der Waals surface area (Å²) in [4.78, 5) is 16.3. The first-order chi connectivity index (χ1) is 8.08. The topological polar surface area (TPSA) is 42.0 Å². The van der Waals surface area contributed by atoms with Crippen molar-refractivity contribution >= 4 is 21.8 Å². The van der Waals surface area contributed by atoms with E-state index in [0.29, 0.717) is 5.56 Å². The van der Waals surface area contributed by atoms with Gasteiger partial charge >= 0.3 is 0 Å². The predicted octanol–water partition coefficient (Wildman–Crippen LogP) is 3.07. The van der Waals surface area contributed by atoms with Gasteiger partial charge < -0.3 is 5.32 Å². The minimum atomic E-state index is -0.167. The molecule has 0 aromatic carbocycles. The number of hydrogen-bond donors (Lipinski definition) is 1. The first-order valence-corrected chi connectivity index (χ1v) is 7.00. The van der Waals surface area contributed by atoms with E-state index < -0.39 is 0 Å². The van der Waals surface area contributed by atoms with Gasteiger partial charge in [0.15, 0.2) is 0 Å². The zero-order chi connectivity index (χ0) is 12.9. The molecule has 0 bridgehead atoms. The van der Waals surface area contributed by atoms with E-state index in [2.05, 4.69) is 40.1 Å². The number of halogens is 1. The Morgan fingerprint density at radius 2 is 2.12 bits per heavy atom. The number of carbonyl (C=O) groups is 1. The zero-order valence-electron chi connectivity index (χ0n) is 10.6. The number of carbonyl (C=O) groups excluding carboxylic acids is 1. The van der Waals surface area contributed by atoms with E-state index in [1.165, 1.54) is 0 Å². The summed E-state index contributed by atoms with van der Waals surface area (Å²) in [7, 11) is 0. The van der Waals surface area contributed by atoms with Crippen LogP contribution >= 0.6 is 15.9 Å². The number of pyridine rings is 1. The molecule has 1 heterocycles. The fraction of sp³-hybridized carbons (Fsp3) is 0.538. The van der Waals surface area contributed by atoms with E-state index in [9.17, 15) is 4.79 Å². The molecule has 0 spiro atoms. The summed E-state index contributed by atoms with van der Waals surface area (Å²) in [6.45, 7) is 6.02. The molecule has 0 aliphatic rings. The molecule has 0 aliphatic carbocycles. The lowest BCUT2D eigenvalue weighted by Gasteiger charge is -2.31. The molecule has 0 fully saturated rings. The monoisotopic (exact) mass is 298 g/mol. The second kappa shape index (κ2) is 6.15. The first kappa shape index (κ1) is 14.2. The fourth-order valence-electron chi connectivity index (χ4n) is 1.68. The molecular formula is C13H19BrN2O. The molecule has 0 aliphatic heterocycles. The van der Waals surface area contributed by atoms with Gasteiger partial charge in [-0.3, -0.25) is 9.78 Å². The Morgan fingerprint density at radius 3 is 2.59 bits per heavy atom. The Kier molecular flexibility index (Phi) is 5.12. The van der Waals surface area contributed by atoms with Crippen molar-refractivity contribution in [2.24, 2.45) is 0 Å². The number of amides is 1. The third-order valence-corrected chi connectivity index (χ3v) is 4.31. The highest BCUT2D eigenvalue weighted by Gasteiger charge is 2.27. The summed E-state index contributed by atoms with van der Waals surface area (Å²) in [5.41, 5.74) is 1.25. The van der Waals surface area contributed by atoms with Crippen LogP contribution in [-0.2, 0) is 0 Å². The molecule has 1 aromatic rings. The Hall–Kier alpha value is -0.900. The van der Waals surface area contributed by atoms with E-state index >= 15 is 0 Å². The average Bonchev–Trinajstić information content (AvgIpc) is 2.36. The third-order valence-electron chi connectivity index (χ3n) is 3.24. The molecule has 1 amide bonds. The third kappa shape index (κ3) is 3.28. The number of nitrogens with one attached hydrogen (secondary N) is 1. The van der Waals surface area contributed by atoms with Gasteiger partial charge in [0, 0.05) is 22.8 Å². The average molecular weight is 299 g/mol. The van der Waals surface area contributed by atoms with Crippen molar-refractivity contribution < 1.29 is 4.79 Å². The quantitative estimate of drug-likeness (QED) is 0.849. The number of alkyl halides is 1. The Bertz CT molecular complexity index is 380. The highest BCUT2D eigenvalue weighted by atomic mass is 79.9. The van der Waals surface area contributed by atoms with E-state index in [-0.39, 0.29) is 11.4 Å². The highest BCUT2D eigenvalue weighted by Crippen LogP contribution is 2.19. The number of rotatable bonds is 5. The Morgan fingerprint density at radius 1 is 1.47 bits per heavy atom. The maximum Gasteiger partial charge on any atom is 0.253 e. The molecule has 1 aromatic heterocycles. The van der Waals surface area contributed by atoms with Crippen LogP contribution in [0.3, 0.4) is 0 Å². The molecule has 4 heteroatoms. The lowest BCUT2D eigenvalue weighted by atomic mass is 9.95. The maximum atomic E-state index is 12.2. The summed E-state index contributed by atoms with van der Waals surface area (Å²) in [5, 5.41) is 3.87. The van der Waals surface area contributed by atoms with Crippen molar-refractivity contribution in [3.63, 3.8) is 0 Å². The lowest BCUT2D eigenvalue weighted by Crippen LogP contribution is -2.49. The van der Waals surface area contributed by atoms with Crippen molar-refractivity contribution in [1.29, 1.82) is 0 Å². The molecule has 3 nitrogen and oxygen atoms in total. The Labute approximate surface area is 111 Å². The van der Waals surface area contributed by atoms with E-state index in [0.717, 1.165) is 23.9 Å². The standard InChI is InChI=1S/C13H19BrN2O/c1-4-13(5-2,9-14)16-12(17)11-7-6-8-15-10(11)3/h6-8H,4-5,9H2,1-3H3,(H,16,17). The van der Waals surface area contributed by atoms with E-state index in [4.69, 9.17) is 0 Å². The number of aromatic nitrogens is 1. The van der Waals surface area contributed by atoms with Crippen LogP contribution in [0.25, 0.3) is 0 Å². The highest BCUT2D eigenvalue weighted by molar-refractivity contribution is 9.09. The van der Waals surface area contributed by atoms with Gasteiger partial charge in [0.25, 0.3) is 5.91 Å². The van der Waals surface area contributed by atoms with Crippen LogP contribution in [0.4, 0.5) is 0 Å². The van der Waals surface area contributed by atoms with Crippen molar-refractivity contribution in [2.45, 2.75) is 39.2 Å². The molecular weight excluding hydrogens is 280 g/mol. The normalized spacial score (nSPS) is 11.3. The molecule has 0 atom stereocenters. The summed E-state index contributed by atoms with van der Waals surface area (Å²) in [6.07, 6.45) is 3.50. The minimum absolute atomic E-state index is 0.0428. The second-order valence-corrected chi connectivity index (χ2v) is 4.77. The molecule has 94 valence electrons. The van der Waals surface area contributed by atoms with Crippen LogP contribution < -0.4 is 5.32 Å².